The first-order valence-electron chi connectivity index (χ1n) is 7.06. The molecule has 2 aromatic rings. The normalized spacial score (nSPS) is 16.0. The van der Waals surface area contributed by atoms with Crippen molar-refractivity contribution in [2.75, 3.05) is 23.3 Å². The Hall–Kier alpha value is -2.44. The topological polar surface area (TPSA) is 86.8 Å². The van der Waals surface area contributed by atoms with Crippen LogP contribution >= 0.6 is 0 Å². The van der Waals surface area contributed by atoms with Crippen LogP contribution in [0.25, 0.3) is 0 Å². The molecule has 1 aliphatic rings. The van der Waals surface area contributed by atoms with E-state index < -0.39 is 0 Å². The highest BCUT2D eigenvalue weighted by atomic mass is 16.1. The summed E-state index contributed by atoms with van der Waals surface area (Å²) in [6, 6.07) is 2.30. The van der Waals surface area contributed by atoms with Crippen LogP contribution in [0.2, 0.25) is 0 Å². The standard InChI is InChI=1S/C14H18N6O/c1-10-8-12(18-9-17-10)19-11-2-6-20(7-3-11)13-14(21)16-5-4-15-13/h4-5,8-9,11H,2-3,6-7H2,1H3,(H,16,21)(H,17,18,19). The minimum Gasteiger partial charge on any atom is -0.367 e. The minimum atomic E-state index is -0.129. The number of aromatic amines is 1. The first-order chi connectivity index (χ1) is 10.2. The van der Waals surface area contributed by atoms with Gasteiger partial charge in [0.2, 0.25) is 0 Å². The van der Waals surface area contributed by atoms with E-state index in [9.17, 15) is 4.79 Å². The summed E-state index contributed by atoms with van der Waals surface area (Å²) in [5.74, 6) is 1.37. The lowest BCUT2D eigenvalue weighted by Crippen LogP contribution is -2.41. The Bertz CT molecular complexity index is 662. The van der Waals surface area contributed by atoms with Crippen LogP contribution in [0.1, 0.15) is 18.5 Å². The van der Waals surface area contributed by atoms with E-state index in [0.717, 1.165) is 37.4 Å². The van der Waals surface area contributed by atoms with Crippen molar-refractivity contribution in [1.29, 1.82) is 0 Å². The van der Waals surface area contributed by atoms with E-state index in [1.807, 2.05) is 17.9 Å². The van der Waals surface area contributed by atoms with Gasteiger partial charge >= 0.3 is 0 Å². The molecular formula is C14H18N6O. The van der Waals surface area contributed by atoms with Gasteiger partial charge in [-0.3, -0.25) is 4.79 Å². The molecule has 2 N–H and O–H groups in total. The molecule has 21 heavy (non-hydrogen) atoms. The zero-order valence-electron chi connectivity index (χ0n) is 11.9. The number of hydrogen-bond donors (Lipinski definition) is 2. The Morgan fingerprint density at radius 2 is 2.10 bits per heavy atom. The summed E-state index contributed by atoms with van der Waals surface area (Å²) in [5, 5.41) is 3.42. The molecule has 1 aliphatic heterocycles. The predicted molar refractivity (Wildman–Crippen MR) is 80.5 cm³/mol. The Morgan fingerprint density at radius 1 is 1.29 bits per heavy atom. The molecule has 0 atom stereocenters. The molecule has 3 rings (SSSR count). The van der Waals surface area contributed by atoms with Gasteiger partial charge in [0.05, 0.1) is 0 Å². The Kier molecular flexibility index (Phi) is 3.81. The van der Waals surface area contributed by atoms with Gasteiger partial charge in [0.15, 0.2) is 5.82 Å². The summed E-state index contributed by atoms with van der Waals surface area (Å²) in [7, 11) is 0. The van der Waals surface area contributed by atoms with E-state index in [-0.39, 0.29) is 5.56 Å². The lowest BCUT2D eigenvalue weighted by Gasteiger charge is -2.32. The van der Waals surface area contributed by atoms with Gasteiger partial charge in [-0.15, -0.1) is 0 Å². The third-order valence-electron chi connectivity index (χ3n) is 3.64. The second-order valence-electron chi connectivity index (χ2n) is 5.19. The quantitative estimate of drug-likeness (QED) is 0.873. The molecule has 0 amide bonds. The van der Waals surface area contributed by atoms with Crippen molar-refractivity contribution in [2.45, 2.75) is 25.8 Å². The number of aromatic nitrogens is 4. The average molecular weight is 286 g/mol. The summed E-state index contributed by atoms with van der Waals surface area (Å²) >= 11 is 0. The van der Waals surface area contributed by atoms with Crippen LogP contribution < -0.4 is 15.8 Å². The maximum Gasteiger partial charge on any atom is 0.290 e. The molecule has 1 fully saturated rings. The molecule has 0 aliphatic carbocycles. The molecule has 0 radical (unpaired) electrons. The lowest BCUT2D eigenvalue weighted by molar-refractivity contribution is 0.521. The van der Waals surface area contributed by atoms with Crippen LogP contribution in [-0.2, 0) is 0 Å². The van der Waals surface area contributed by atoms with E-state index in [0.29, 0.717) is 11.9 Å². The summed E-state index contributed by atoms with van der Waals surface area (Å²) in [6.07, 6.45) is 6.63. The molecule has 1 saturated heterocycles. The monoisotopic (exact) mass is 286 g/mol. The van der Waals surface area contributed by atoms with Crippen LogP contribution in [0.15, 0.2) is 29.6 Å². The fourth-order valence-corrected chi connectivity index (χ4v) is 2.55. The summed E-state index contributed by atoms with van der Waals surface area (Å²) in [4.78, 5) is 28.9. The van der Waals surface area contributed by atoms with Crippen LogP contribution in [0.3, 0.4) is 0 Å². The molecule has 2 aromatic heterocycles. The highest BCUT2D eigenvalue weighted by Gasteiger charge is 2.21. The highest BCUT2D eigenvalue weighted by molar-refractivity contribution is 5.39. The van der Waals surface area contributed by atoms with Gasteiger partial charge < -0.3 is 15.2 Å². The van der Waals surface area contributed by atoms with E-state index in [1.165, 1.54) is 0 Å². The van der Waals surface area contributed by atoms with Gasteiger partial charge in [-0.05, 0) is 19.8 Å². The number of anilines is 2. The molecule has 0 unspecified atom stereocenters. The molecule has 7 heteroatoms. The van der Waals surface area contributed by atoms with Gasteiger partial charge in [0.25, 0.3) is 5.56 Å². The molecule has 0 bridgehead atoms. The largest absolute Gasteiger partial charge is 0.367 e. The third-order valence-corrected chi connectivity index (χ3v) is 3.64. The zero-order chi connectivity index (χ0) is 14.7. The smallest absolute Gasteiger partial charge is 0.290 e. The summed E-state index contributed by atoms with van der Waals surface area (Å²) in [5.41, 5.74) is 0.820. The fraction of sp³-hybridized carbons (Fsp3) is 0.429. The number of nitrogens with zero attached hydrogens (tertiary/aromatic N) is 4. The molecular weight excluding hydrogens is 268 g/mol. The summed E-state index contributed by atoms with van der Waals surface area (Å²) in [6.45, 7) is 3.56. The van der Waals surface area contributed by atoms with Crippen molar-refractivity contribution < 1.29 is 0 Å². The van der Waals surface area contributed by atoms with Crippen molar-refractivity contribution in [3.63, 3.8) is 0 Å². The number of nitrogens with one attached hydrogen (secondary N) is 2. The summed E-state index contributed by atoms with van der Waals surface area (Å²) < 4.78 is 0. The number of aryl methyl sites for hydroxylation is 1. The van der Waals surface area contributed by atoms with Gasteiger partial charge in [0.1, 0.15) is 12.1 Å². The maximum atomic E-state index is 11.7. The SMILES string of the molecule is Cc1cc(NC2CCN(c3ncc[nH]c3=O)CC2)ncn1. The molecule has 0 saturated carbocycles. The molecule has 0 spiro atoms. The van der Waals surface area contributed by atoms with Gasteiger partial charge in [-0.1, -0.05) is 0 Å². The fourth-order valence-electron chi connectivity index (χ4n) is 2.55. The van der Waals surface area contributed by atoms with Gasteiger partial charge in [-0.2, -0.15) is 0 Å². The first-order valence-corrected chi connectivity index (χ1v) is 7.06. The second kappa shape index (κ2) is 5.90. The first kappa shape index (κ1) is 13.5. The highest BCUT2D eigenvalue weighted by Crippen LogP contribution is 2.17. The zero-order valence-corrected chi connectivity index (χ0v) is 11.9. The van der Waals surface area contributed by atoms with Crippen molar-refractivity contribution in [3.05, 3.63) is 40.8 Å². The number of piperidine rings is 1. The van der Waals surface area contributed by atoms with Crippen molar-refractivity contribution in [3.8, 4) is 0 Å². The second-order valence-corrected chi connectivity index (χ2v) is 5.19. The van der Waals surface area contributed by atoms with Crippen molar-refractivity contribution >= 4 is 11.6 Å². The number of H-pyrrole nitrogens is 1. The molecule has 110 valence electrons. The Morgan fingerprint density at radius 3 is 2.81 bits per heavy atom. The third kappa shape index (κ3) is 3.18. The van der Waals surface area contributed by atoms with Gasteiger partial charge in [-0.25, -0.2) is 15.0 Å². The molecule has 7 nitrogen and oxygen atoms in total. The van der Waals surface area contributed by atoms with E-state index >= 15 is 0 Å². The predicted octanol–water partition coefficient (Wildman–Crippen LogP) is 0.949. The van der Waals surface area contributed by atoms with Crippen LogP contribution in [0.5, 0.6) is 0 Å². The van der Waals surface area contributed by atoms with Crippen LogP contribution in [0.4, 0.5) is 11.6 Å². The number of hydrogen-bond acceptors (Lipinski definition) is 6. The Labute approximate surface area is 122 Å². The number of rotatable bonds is 3. The Balaban J connectivity index is 1.61. The lowest BCUT2D eigenvalue weighted by atomic mass is 10.1. The maximum absolute atomic E-state index is 11.7. The van der Waals surface area contributed by atoms with E-state index in [2.05, 4.69) is 25.3 Å². The van der Waals surface area contributed by atoms with E-state index in [4.69, 9.17) is 0 Å². The van der Waals surface area contributed by atoms with Gasteiger partial charge in [0, 0.05) is 43.3 Å². The van der Waals surface area contributed by atoms with Crippen LogP contribution in [0, 0.1) is 6.92 Å². The molecule has 3 heterocycles. The van der Waals surface area contributed by atoms with Crippen molar-refractivity contribution in [2.24, 2.45) is 0 Å². The van der Waals surface area contributed by atoms with Crippen LogP contribution in [-0.4, -0.2) is 39.1 Å². The average Bonchev–Trinajstić information content (AvgIpc) is 2.49. The van der Waals surface area contributed by atoms with Crippen molar-refractivity contribution in [1.82, 2.24) is 19.9 Å². The minimum absolute atomic E-state index is 0.129. The van der Waals surface area contributed by atoms with E-state index in [1.54, 1.807) is 18.7 Å². The molecule has 0 aromatic carbocycles.